The monoisotopic (exact) mass is 357 g/mol. The molecule has 0 bridgehead atoms. The van der Waals surface area contributed by atoms with E-state index >= 15 is 0 Å². The van der Waals surface area contributed by atoms with E-state index in [1.165, 1.54) is 4.90 Å². The van der Waals surface area contributed by atoms with Crippen molar-refractivity contribution in [3.63, 3.8) is 0 Å². The van der Waals surface area contributed by atoms with Crippen molar-refractivity contribution >= 4 is 21.6 Å². The Morgan fingerprint density at radius 3 is 2.58 bits per heavy atom. The number of aromatic nitrogens is 1. The zero-order valence-electron chi connectivity index (χ0n) is 13.6. The Hall–Kier alpha value is -2.23. The minimum Gasteiger partial charge on any atom is -0.444 e. The van der Waals surface area contributed by atoms with Crippen molar-refractivity contribution in [1.82, 2.24) is 9.88 Å². The lowest BCUT2D eigenvalue weighted by Gasteiger charge is -2.24. The van der Waals surface area contributed by atoms with Gasteiger partial charge in [0.15, 0.2) is 14.9 Å². The van der Waals surface area contributed by atoms with Crippen LogP contribution in [0.4, 0.5) is 10.5 Å². The summed E-state index contributed by atoms with van der Waals surface area (Å²) in [5.41, 5.74) is -0.940. The Morgan fingerprint density at radius 2 is 2.08 bits per heavy atom. The van der Waals surface area contributed by atoms with Crippen LogP contribution in [0.25, 0.3) is 0 Å². The Balaban J connectivity index is 2.11. The average Bonchev–Trinajstić information content (AvgIpc) is 2.96. The fourth-order valence-electron chi connectivity index (χ4n) is 2.29. The molecule has 0 radical (unpaired) electrons. The third kappa shape index (κ3) is 3.99. The lowest BCUT2D eigenvalue weighted by molar-refractivity contribution is -0.385. The van der Waals surface area contributed by atoms with Crippen LogP contribution >= 0.6 is 0 Å². The second kappa shape index (κ2) is 6.34. The van der Waals surface area contributed by atoms with Crippen molar-refractivity contribution < 1.29 is 22.9 Å². The number of sulfone groups is 1. The highest BCUT2D eigenvalue weighted by atomic mass is 32.2. The molecule has 1 aliphatic rings. The lowest BCUT2D eigenvalue weighted by Crippen LogP contribution is -2.36. The summed E-state index contributed by atoms with van der Waals surface area (Å²) in [5.74, 6) is 0. The van der Waals surface area contributed by atoms with E-state index in [4.69, 9.17) is 4.74 Å². The first kappa shape index (κ1) is 18.1. The predicted molar refractivity (Wildman–Crippen MR) is 84.3 cm³/mol. The average molecular weight is 357 g/mol. The summed E-state index contributed by atoms with van der Waals surface area (Å²) in [6.07, 6.45) is 0.616. The summed E-state index contributed by atoms with van der Waals surface area (Å²) < 4.78 is 30.3. The molecular weight excluding hydrogens is 338 g/mol. The van der Waals surface area contributed by atoms with E-state index < -0.39 is 31.7 Å². The van der Waals surface area contributed by atoms with Crippen molar-refractivity contribution in [2.75, 3.05) is 13.1 Å². The molecule has 1 atom stereocenters. The minimum atomic E-state index is -3.77. The maximum atomic E-state index is 12.6. The molecule has 0 aliphatic carbocycles. The summed E-state index contributed by atoms with van der Waals surface area (Å²) in [4.78, 5) is 27.0. The first-order valence-corrected chi connectivity index (χ1v) is 8.87. The van der Waals surface area contributed by atoms with Gasteiger partial charge in [0, 0.05) is 19.2 Å². The number of hydrogen-bond donors (Lipinski definition) is 0. The van der Waals surface area contributed by atoms with Gasteiger partial charge >= 0.3 is 6.09 Å². The molecule has 1 amide bonds. The molecule has 0 spiro atoms. The van der Waals surface area contributed by atoms with Gasteiger partial charge in [-0.05, 0) is 33.3 Å². The molecule has 0 N–H and O–H groups in total. The minimum absolute atomic E-state index is 0.00984. The topological polar surface area (TPSA) is 120 Å². The van der Waals surface area contributed by atoms with Crippen molar-refractivity contribution in [3.8, 4) is 0 Å². The SMILES string of the molecule is CC(C)(C)OC(=O)N1CC[C@@H](S(=O)(=O)c2ccc([N+](=O)[O-])cn2)C1. The summed E-state index contributed by atoms with van der Waals surface area (Å²) in [6.45, 7) is 5.48. The molecule has 1 saturated heterocycles. The maximum absolute atomic E-state index is 12.6. The zero-order chi connectivity index (χ0) is 18.1. The van der Waals surface area contributed by atoms with Gasteiger partial charge in [-0.25, -0.2) is 18.2 Å². The van der Waals surface area contributed by atoms with Crippen LogP contribution in [0.1, 0.15) is 27.2 Å². The lowest BCUT2D eigenvalue weighted by atomic mass is 10.2. The summed E-state index contributed by atoms with van der Waals surface area (Å²) in [5, 5.41) is 9.57. The quantitative estimate of drug-likeness (QED) is 0.597. The molecule has 1 fully saturated rings. The van der Waals surface area contributed by atoms with E-state index in [0.29, 0.717) is 0 Å². The van der Waals surface area contributed by atoms with Gasteiger partial charge in [0.05, 0.1) is 10.2 Å². The summed E-state index contributed by atoms with van der Waals surface area (Å²) in [7, 11) is -3.77. The number of pyridine rings is 1. The van der Waals surface area contributed by atoms with E-state index in [9.17, 15) is 23.3 Å². The van der Waals surface area contributed by atoms with Gasteiger partial charge in [-0.15, -0.1) is 0 Å². The smallest absolute Gasteiger partial charge is 0.410 e. The number of likely N-dealkylation sites (tertiary alicyclic amines) is 1. The Kier molecular flexibility index (Phi) is 4.79. The number of rotatable bonds is 3. The second-order valence-electron chi connectivity index (χ2n) is 6.49. The number of ether oxygens (including phenoxy) is 1. The Bertz CT molecular complexity index is 739. The predicted octanol–water partition coefficient (Wildman–Crippen LogP) is 1.77. The first-order chi connectivity index (χ1) is 11.0. The number of hydrogen-bond acceptors (Lipinski definition) is 7. The van der Waals surface area contributed by atoms with Gasteiger partial charge in [-0.2, -0.15) is 0 Å². The molecule has 9 nitrogen and oxygen atoms in total. The Labute approximate surface area is 139 Å². The molecule has 0 saturated carbocycles. The second-order valence-corrected chi connectivity index (χ2v) is 8.67. The van der Waals surface area contributed by atoms with Gasteiger partial charge in [-0.3, -0.25) is 10.1 Å². The van der Waals surface area contributed by atoms with Gasteiger partial charge in [0.1, 0.15) is 11.8 Å². The summed E-state index contributed by atoms with van der Waals surface area (Å²) >= 11 is 0. The van der Waals surface area contributed by atoms with E-state index in [1.54, 1.807) is 20.8 Å². The Morgan fingerprint density at radius 1 is 1.42 bits per heavy atom. The number of amides is 1. The molecule has 10 heteroatoms. The fourth-order valence-corrected chi connectivity index (χ4v) is 3.88. The number of nitrogens with zero attached hydrogens (tertiary/aromatic N) is 3. The summed E-state index contributed by atoms with van der Waals surface area (Å²) in [6, 6.07) is 2.21. The number of carbonyl (C=O) groups is 1. The van der Waals surface area contributed by atoms with Crippen LogP contribution in [0.15, 0.2) is 23.4 Å². The van der Waals surface area contributed by atoms with E-state index in [0.717, 1.165) is 18.3 Å². The van der Waals surface area contributed by atoms with E-state index in [2.05, 4.69) is 4.98 Å². The molecule has 2 rings (SSSR count). The third-order valence-corrected chi connectivity index (χ3v) is 5.55. The molecule has 0 aromatic carbocycles. The zero-order valence-corrected chi connectivity index (χ0v) is 14.4. The highest BCUT2D eigenvalue weighted by Crippen LogP contribution is 2.25. The van der Waals surface area contributed by atoms with Crippen LogP contribution in [-0.4, -0.2) is 53.3 Å². The van der Waals surface area contributed by atoms with Crippen LogP contribution in [0.5, 0.6) is 0 Å². The molecule has 24 heavy (non-hydrogen) atoms. The van der Waals surface area contributed by atoms with Gasteiger partial charge < -0.3 is 9.64 Å². The van der Waals surface area contributed by atoms with Crippen LogP contribution in [0.3, 0.4) is 0 Å². The van der Waals surface area contributed by atoms with E-state index in [-0.39, 0.29) is 30.2 Å². The third-order valence-electron chi connectivity index (χ3n) is 3.46. The molecular formula is C14H19N3O6S. The molecule has 2 heterocycles. The van der Waals surface area contributed by atoms with E-state index in [1.807, 2.05) is 0 Å². The van der Waals surface area contributed by atoms with Crippen molar-refractivity contribution in [3.05, 3.63) is 28.4 Å². The molecule has 1 aromatic rings. The molecule has 1 aromatic heterocycles. The van der Waals surface area contributed by atoms with Gasteiger partial charge in [-0.1, -0.05) is 0 Å². The molecule has 132 valence electrons. The van der Waals surface area contributed by atoms with Crippen molar-refractivity contribution in [1.29, 1.82) is 0 Å². The highest BCUT2D eigenvalue weighted by molar-refractivity contribution is 7.92. The number of nitro groups is 1. The van der Waals surface area contributed by atoms with Gasteiger partial charge in [0.25, 0.3) is 5.69 Å². The maximum Gasteiger partial charge on any atom is 0.410 e. The standard InChI is InChI=1S/C14H19N3O6S/c1-14(2,3)23-13(18)16-7-6-11(9-16)24(21,22)12-5-4-10(8-15-12)17(19)20/h4-5,8,11H,6-7,9H2,1-3H3/t11-/m1/s1. The van der Waals surface area contributed by atoms with Crippen molar-refractivity contribution in [2.24, 2.45) is 0 Å². The van der Waals surface area contributed by atoms with Crippen molar-refractivity contribution in [2.45, 2.75) is 43.1 Å². The first-order valence-electron chi connectivity index (χ1n) is 7.33. The van der Waals surface area contributed by atoms with Crippen LogP contribution < -0.4 is 0 Å². The highest BCUT2D eigenvalue weighted by Gasteiger charge is 2.38. The van der Waals surface area contributed by atoms with Crippen LogP contribution in [0.2, 0.25) is 0 Å². The van der Waals surface area contributed by atoms with Gasteiger partial charge in [0.2, 0.25) is 0 Å². The van der Waals surface area contributed by atoms with Crippen LogP contribution in [-0.2, 0) is 14.6 Å². The largest absolute Gasteiger partial charge is 0.444 e. The molecule has 0 unspecified atom stereocenters. The number of carbonyl (C=O) groups excluding carboxylic acids is 1. The fraction of sp³-hybridized carbons (Fsp3) is 0.571. The molecule has 1 aliphatic heterocycles. The normalized spacial score (nSPS) is 18.5. The van der Waals surface area contributed by atoms with Crippen LogP contribution in [0, 0.1) is 10.1 Å².